The number of aromatic nitrogens is 3. The molecule has 0 fully saturated rings. The Labute approximate surface area is 107 Å². The summed E-state index contributed by atoms with van der Waals surface area (Å²) in [5, 5.41) is 18.7. The van der Waals surface area contributed by atoms with Gasteiger partial charge in [0.1, 0.15) is 0 Å². The Balaban J connectivity index is 2.13. The molecule has 2 aromatic heterocycles. The molecular weight excluding hydrogens is 246 g/mol. The van der Waals surface area contributed by atoms with Crippen LogP contribution in [0.5, 0.6) is 0 Å². The molecule has 7 nitrogen and oxygen atoms in total. The van der Waals surface area contributed by atoms with Gasteiger partial charge in [0.25, 0.3) is 5.69 Å². The summed E-state index contributed by atoms with van der Waals surface area (Å²) >= 11 is 0. The van der Waals surface area contributed by atoms with Crippen LogP contribution < -0.4 is 5.73 Å². The minimum Gasteiger partial charge on any atom is -0.398 e. The summed E-state index contributed by atoms with van der Waals surface area (Å²) in [5.41, 5.74) is 7.77. The number of rotatable bonds is 2. The molecule has 2 heterocycles. The fourth-order valence-electron chi connectivity index (χ4n) is 1.84. The number of benzene rings is 1. The number of nitrogens with zero attached hydrogens (tertiary/aromatic N) is 4. The lowest BCUT2D eigenvalue weighted by Crippen LogP contribution is -1.93. The van der Waals surface area contributed by atoms with E-state index >= 15 is 0 Å². The lowest BCUT2D eigenvalue weighted by molar-refractivity contribution is -0.384. The first-order valence-electron chi connectivity index (χ1n) is 5.50. The maximum atomic E-state index is 10.6. The van der Waals surface area contributed by atoms with Crippen molar-refractivity contribution in [2.75, 3.05) is 5.73 Å². The average molecular weight is 255 g/mol. The standard InChI is InChI=1S/C12H9N5O2/c13-9-3-6-11-14-15-12(16(11)7-9)8-1-4-10(5-2-8)17(18)19/h1-7H,13H2. The summed E-state index contributed by atoms with van der Waals surface area (Å²) < 4.78 is 1.75. The van der Waals surface area contributed by atoms with Gasteiger partial charge in [-0.3, -0.25) is 14.5 Å². The number of pyridine rings is 1. The third-order valence-corrected chi connectivity index (χ3v) is 2.76. The number of nitro groups is 1. The Morgan fingerprint density at radius 3 is 2.53 bits per heavy atom. The minimum absolute atomic E-state index is 0.0390. The Bertz CT molecular complexity index is 763. The molecule has 0 spiro atoms. The van der Waals surface area contributed by atoms with Gasteiger partial charge >= 0.3 is 0 Å². The normalized spacial score (nSPS) is 10.7. The van der Waals surface area contributed by atoms with Crippen LogP contribution in [0, 0.1) is 10.1 Å². The van der Waals surface area contributed by atoms with E-state index in [0.29, 0.717) is 17.2 Å². The van der Waals surface area contributed by atoms with Gasteiger partial charge in [-0.15, -0.1) is 10.2 Å². The maximum absolute atomic E-state index is 10.6. The Kier molecular flexibility index (Phi) is 2.38. The summed E-state index contributed by atoms with van der Waals surface area (Å²) in [6, 6.07) is 9.64. The number of nitrogens with two attached hydrogens (primary N) is 1. The number of nitrogen functional groups attached to an aromatic ring is 1. The largest absolute Gasteiger partial charge is 0.398 e. The zero-order valence-corrected chi connectivity index (χ0v) is 9.72. The Morgan fingerprint density at radius 2 is 1.84 bits per heavy atom. The van der Waals surface area contributed by atoms with Crippen molar-refractivity contribution in [1.29, 1.82) is 0 Å². The van der Waals surface area contributed by atoms with Gasteiger partial charge in [-0.25, -0.2) is 0 Å². The molecule has 3 rings (SSSR count). The van der Waals surface area contributed by atoms with E-state index in [1.54, 1.807) is 34.9 Å². The molecule has 0 bridgehead atoms. The molecule has 2 N–H and O–H groups in total. The Morgan fingerprint density at radius 1 is 1.11 bits per heavy atom. The van der Waals surface area contributed by atoms with Crippen LogP contribution in [0.2, 0.25) is 0 Å². The SMILES string of the molecule is Nc1ccc2nnc(-c3ccc([N+](=O)[O-])cc3)n2c1. The lowest BCUT2D eigenvalue weighted by atomic mass is 10.2. The molecule has 0 aliphatic rings. The van der Waals surface area contributed by atoms with Crippen molar-refractivity contribution in [3.05, 3.63) is 52.7 Å². The molecule has 0 aliphatic heterocycles. The van der Waals surface area contributed by atoms with Crippen LogP contribution in [-0.4, -0.2) is 19.5 Å². The van der Waals surface area contributed by atoms with Gasteiger partial charge in [-0.1, -0.05) is 0 Å². The number of anilines is 1. The third-order valence-electron chi connectivity index (χ3n) is 2.76. The molecule has 0 atom stereocenters. The van der Waals surface area contributed by atoms with Crippen molar-refractivity contribution in [2.24, 2.45) is 0 Å². The fourth-order valence-corrected chi connectivity index (χ4v) is 1.84. The highest BCUT2D eigenvalue weighted by Crippen LogP contribution is 2.22. The van der Waals surface area contributed by atoms with Crippen LogP contribution in [0.15, 0.2) is 42.6 Å². The number of nitro benzene ring substituents is 1. The number of hydrogen-bond donors (Lipinski definition) is 1. The van der Waals surface area contributed by atoms with E-state index in [2.05, 4.69) is 10.2 Å². The maximum Gasteiger partial charge on any atom is 0.269 e. The molecule has 0 radical (unpaired) electrons. The van der Waals surface area contributed by atoms with Crippen LogP contribution in [0.25, 0.3) is 17.0 Å². The molecule has 0 aliphatic carbocycles. The third kappa shape index (κ3) is 1.86. The zero-order chi connectivity index (χ0) is 13.4. The molecular formula is C12H9N5O2. The van der Waals surface area contributed by atoms with Crippen molar-refractivity contribution in [2.45, 2.75) is 0 Å². The molecule has 19 heavy (non-hydrogen) atoms. The smallest absolute Gasteiger partial charge is 0.269 e. The molecule has 0 unspecified atom stereocenters. The highest BCUT2D eigenvalue weighted by atomic mass is 16.6. The van der Waals surface area contributed by atoms with Crippen LogP contribution in [0.3, 0.4) is 0 Å². The average Bonchev–Trinajstić information content (AvgIpc) is 2.81. The van der Waals surface area contributed by atoms with Gasteiger partial charge < -0.3 is 5.73 Å². The fraction of sp³-hybridized carbons (Fsp3) is 0. The highest BCUT2D eigenvalue weighted by molar-refractivity contribution is 5.62. The monoisotopic (exact) mass is 255 g/mol. The van der Waals surface area contributed by atoms with E-state index in [9.17, 15) is 10.1 Å². The second kappa shape index (κ2) is 4.05. The van der Waals surface area contributed by atoms with Gasteiger partial charge in [0.15, 0.2) is 11.5 Å². The van der Waals surface area contributed by atoms with Crippen molar-refractivity contribution < 1.29 is 4.92 Å². The first-order valence-corrected chi connectivity index (χ1v) is 5.50. The summed E-state index contributed by atoms with van der Waals surface area (Å²) in [6.07, 6.45) is 1.71. The van der Waals surface area contributed by atoms with Crippen molar-refractivity contribution in [3.63, 3.8) is 0 Å². The van der Waals surface area contributed by atoms with Crippen LogP contribution >= 0.6 is 0 Å². The van der Waals surface area contributed by atoms with Crippen molar-refractivity contribution in [1.82, 2.24) is 14.6 Å². The first kappa shape index (κ1) is 11.1. The summed E-state index contributed by atoms with van der Waals surface area (Å²) in [6.45, 7) is 0. The van der Waals surface area contributed by atoms with Gasteiger partial charge in [-0.05, 0) is 24.3 Å². The highest BCUT2D eigenvalue weighted by Gasteiger charge is 2.10. The molecule has 0 amide bonds. The van der Waals surface area contributed by atoms with Crippen LogP contribution in [0.1, 0.15) is 0 Å². The predicted octanol–water partition coefficient (Wildman–Crippen LogP) is 1.89. The van der Waals surface area contributed by atoms with E-state index in [0.717, 1.165) is 5.56 Å². The molecule has 0 saturated heterocycles. The van der Waals surface area contributed by atoms with E-state index in [1.165, 1.54) is 12.1 Å². The number of fused-ring (bicyclic) bond motifs is 1. The van der Waals surface area contributed by atoms with Crippen molar-refractivity contribution in [3.8, 4) is 11.4 Å². The molecule has 94 valence electrons. The second-order valence-electron chi connectivity index (χ2n) is 4.02. The molecule has 7 heteroatoms. The van der Waals surface area contributed by atoms with E-state index in [-0.39, 0.29) is 5.69 Å². The minimum atomic E-state index is -0.441. The van der Waals surface area contributed by atoms with E-state index < -0.39 is 4.92 Å². The lowest BCUT2D eigenvalue weighted by Gasteiger charge is -2.00. The van der Waals surface area contributed by atoms with Crippen LogP contribution in [-0.2, 0) is 0 Å². The van der Waals surface area contributed by atoms with E-state index in [4.69, 9.17) is 5.73 Å². The quantitative estimate of drug-likeness (QED) is 0.556. The van der Waals surface area contributed by atoms with Gasteiger partial charge in [0.05, 0.1) is 4.92 Å². The van der Waals surface area contributed by atoms with Gasteiger partial charge in [-0.2, -0.15) is 0 Å². The number of non-ortho nitro benzene ring substituents is 1. The predicted molar refractivity (Wildman–Crippen MR) is 69.5 cm³/mol. The first-order chi connectivity index (χ1) is 9.15. The van der Waals surface area contributed by atoms with Gasteiger partial charge in [0.2, 0.25) is 0 Å². The molecule has 1 aromatic carbocycles. The summed E-state index contributed by atoms with van der Waals surface area (Å²) in [4.78, 5) is 10.2. The van der Waals surface area contributed by atoms with E-state index in [1.807, 2.05) is 0 Å². The van der Waals surface area contributed by atoms with Crippen molar-refractivity contribution >= 4 is 17.0 Å². The second-order valence-corrected chi connectivity index (χ2v) is 4.02. The number of hydrogen-bond acceptors (Lipinski definition) is 5. The summed E-state index contributed by atoms with van der Waals surface area (Å²) in [5.74, 6) is 0.595. The zero-order valence-electron chi connectivity index (χ0n) is 9.72. The molecule has 0 saturated carbocycles. The topological polar surface area (TPSA) is 99.3 Å². The molecule has 3 aromatic rings. The summed E-state index contributed by atoms with van der Waals surface area (Å²) in [7, 11) is 0. The Hall–Kier alpha value is -2.96. The van der Waals surface area contributed by atoms with Gasteiger partial charge in [0, 0.05) is 29.6 Å². The van der Waals surface area contributed by atoms with Crippen LogP contribution in [0.4, 0.5) is 11.4 Å².